The largest absolute Gasteiger partial charge is 0.493 e. The molecule has 4 aromatic rings. The van der Waals surface area contributed by atoms with Gasteiger partial charge in [-0.25, -0.2) is 9.02 Å². The third-order valence-electron chi connectivity index (χ3n) is 7.68. The molecule has 0 aliphatic carbocycles. The SMILES string of the molecule is COc1ccc2cc1OCC(=O)N[C@@H]1CN(Cc3cccc4nonc34)CC[C@H]1Oc1cc(F)cc(c1)CNC(=O)CC2. The zero-order valence-corrected chi connectivity index (χ0v) is 23.7. The molecule has 0 unspecified atom stereocenters. The second kappa shape index (κ2) is 12.7. The van der Waals surface area contributed by atoms with Gasteiger partial charge < -0.3 is 24.8 Å². The predicted molar refractivity (Wildman–Crippen MR) is 153 cm³/mol. The molecule has 0 saturated carbocycles. The molecule has 2 aliphatic heterocycles. The molecule has 1 saturated heterocycles. The summed E-state index contributed by atoms with van der Waals surface area (Å²) in [6, 6.07) is 15.1. The Kier molecular flexibility index (Phi) is 8.36. The molecule has 4 bridgehead atoms. The monoisotopic (exact) mass is 589 g/mol. The van der Waals surface area contributed by atoms with Crippen molar-refractivity contribution in [1.82, 2.24) is 25.8 Å². The van der Waals surface area contributed by atoms with Crippen molar-refractivity contribution in [2.24, 2.45) is 0 Å². The highest BCUT2D eigenvalue weighted by atomic mass is 19.1. The lowest BCUT2D eigenvalue weighted by Gasteiger charge is -2.39. The lowest BCUT2D eigenvalue weighted by molar-refractivity contribution is -0.125. The van der Waals surface area contributed by atoms with E-state index in [1.165, 1.54) is 19.2 Å². The molecule has 0 spiro atoms. The van der Waals surface area contributed by atoms with Crippen molar-refractivity contribution in [3.63, 3.8) is 0 Å². The van der Waals surface area contributed by atoms with E-state index in [1.54, 1.807) is 18.2 Å². The summed E-state index contributed by atoms with van der Waals surface area (Å²) in [5, 5.41) is 13.9. The highest BCUT2D eigenvalue weighted by molar-refractivity contribution is 5.78. The summed E-state index contributed by atoms with van der Waals surface area (Å²) in [5.41, 5.74) is 3.76. The number of fused-ring (bicyclic) bond motifs is 6. The van der Waals surface area contributed by atoms with Crippen LogP contribution in [0.3, 0.4) is 0 Å². The quantitative estimate of drug-likeness (QED) is 0.370. The summed E-state index contributed by atoms with van der Waals surface area (Å²) in [6.45, 7) is 1.60. The molecule has 6 rings (SSSR count). The van der Waals surface area contributed by atoms with Gasteiger partial charge >= 0.3 is 0 Å². The van der Waals surface area contributed by atoms with Crippen LogP contribution in [0.1, 0.15) is 29.5 Å². The minimum absolute atomic E-state index is 0.158. The number of hydrogen-bond donors (Lipinski definition) is 2. The number of nitrogens with zero attached hydrogens (tertiary/aromatic N) is 3. The molecule has 1 aromatic heterocycles. The zero-order valence-electron chi connectivity index (χ0n) is 23.7. The van der Waals surface area contributed by atoms with Gasteiger partial charge in [0.05, 0.1) is 13.2 Å². The van der Waals surface area contributed by atoms with Crippen LogP contribution in [-0.2, 0) is 29.1 Å². The number of hydrogen-bond acceptors (Lipinski definition) is 9. The van der Waals surface area contributed by atoms with Crippen LogP contribution in [0.25, 0.3) is 11.0 Å². The van der Waals surface area contributed by atoms with Gasteiger partial charge in [-0.05, 0) is 70.2 Å². The number of benzene rings is 3. The van der Waals surface area contributed by atoms with Crippen molar-refractivity contribution >= 4 is 22.8 Å². The lowest BCUT2D eigenvalue weighted by Crippen LogP contribution is -2.57. The van der Waals surface area contributed by atoms with Crippen LogP contribution < -0.4 is 24.8 Å². The van der Waals surface area contributed by atoms with Gasteiger partial charge in [-0.3, -0.25) is 14.5 Å². The van der Waals surface area contributed by atoms with Crippen molar-refractivity contribution in [1.29, 1.82) is 0 Å². The van der Waals surface area contributed by atoms with E-state index in [0.717, 1.165) is 11.1 Å². The van der Waals surface area contributed by atoms with Gasteiger partial charge in [0.25, 0.3) is 5.91 Å². The van der Waals surface area contributed by atoms with Crippen LogP contribution in [0.5, 0.6) is 17.2 Å². The molecule has 2 N–H and O–H groups in total. The molecule has 3 aromatic carbocycles. The Hall–Kier alpha value is -4.71. The number of carbonyl (C=O) groups excluding carboxylic acids is 2. The van der Waals surface area contributed by atoms with Crippen molar-refractivity contribution < 1.29 is 32.8 Å². The van der Waals surface area contributed by atoms with Crippen molar-refractivity contribution in [2.45, 2.75) is 44.5 Å². The number of piperidine rings is 1. The first-order chi connectivity index (χ1) is 20.9. The molecule has 43 heavy (non-hydrogen) atoms. The summed E-state index contributed by atoms with van der Waals surface area (Å²) in [7, 11) is 1.53. The molecule has 224 valence electrons. The normalized spacial score (nSPS) is 20.0. The van der Waals surface area contributed by atoms with Crippen molar-refractivity contribution in [2.75, 3.05) is 26.8 Å². The van der Waals surface area contributed by atoms with E-state index in [1.807, 2.05) is 24.3 Å². The minimum Gasteiger partial charge on any atom is -0.493 e. The Balaban J connectivity index is 1.26. The minimum atomic E-state index is -0.470. The van der Waals surface area contributed by atoms with Gasteiger partial charge in [0.2, 0.25) is 5.91 Å². The first kappa shape index (κ1) is 28.4. The number of aryl methyl sites for hydroxylation is 1. The van der Waals surface area contributed by atoms with Gasteiger partial charge in [-0.1, -0.05) is 18.2 Å². The molecule has 2 amide bonds. The molecule has 1 fully saturated rings. The Morgan fingerprint density at radius 2 is 1.95 bits per heavy atom. The summed E-state index contributed by atoms with van der Waals surface area (Å²) in [5.74, 6) is 0.248. The maximum Gasteiger partial charge on any atom is 0.258 e. The van der Waals surface area contributed by atoms with Crippen LogP contribution in [0.2, 0.25) is 0 Å². The smallest absolute Gasteiger partial charge is 0.258 e. The molecule has 12 heteroatoms. The number of nitrogens with one attached hydrogen (secondary N) is 2. The van der Waals surface area contributed by atoms with Crippen molar-refractivity contribution in [3.8, 4) is 17.2 Å². The Labute approximate surface area is 247 Å². The first-order valence-electron chi connectivity index (χ1n) is 14.2. The molecule has 2 atom stereocenters. The molecular weight excluding hydrogens is 557 g/mol. The number of methoxy groups -OCH3 is 1. The second-order valence-corrected chi connectivity index (χ2v) is 10.7. The summed E-state index contributed by atoms with van der Waals surface area (Å²) < 4.78 is 37.1. The van der Waals surface area contributed by atoms with Crippen LogP contribution in [-0.4, -0.2) is 66.0 Å². The molecule has 3 heterocycles. The lowest BCUT2D eigenvalue weighted by atomic mass is 10.0. The van der Waals surface area contributed by atoms with Gasteiger partial charge in [0, 0.05) is 38.7 Å². The van der Waals surface area contributed by atoms with E-state index < -0.39 is 18.0 Å². The Morgan fingerprint density at radius 1 is 1.05 bits per heavy atom. The number of ether oxygens (including phenoxy) is 3. The van der Waals surface area contributed by atoms with E-state index in [2.05, 4.69) is 25.8 Å². The number of rotatable bonds is 3. The van der Waals surface area contributed by atoms with Gasteiger partial charge in [-0.2, -0.15) is 0 Å². The molecular formula is C31H32FN5O6. The third-order valence-corrected chi connectivity index (χ3v) is 7.68. The highest BCUT2D eigenvalue weighted by Crippen LogP contribution is 2.29. The van der Waals surface area contributed by atoms with E-state index in [-0.39, 0.29) is 31.4 Å². The average Bonchev–Trinajstić information content (AvgIpc) is 3.49. The maximum atomic E-state index is 14.6. The fourth-order valence-electron chi connectivity index (χ4n) is 5.55. The molecule has 0 radical (unpaired) electrons. The second-order valence-electron chi connectivity index (χ2n) is 10.7. The predicted octanol–water partition coefficient (Wildman–Crippen LogP) is 3.15. The molecule has 11 nitrogen and oxygen atoms in total. The topological polar surface area (TPSA) is 128 Å². The summed E-state index contributed by atoms with van der Waals surface area (Å²) in [6.07, 6.45) is 0.809. The Morgan fingerprint density at radius 3 is 2.84 bits per heavy atom. The van der Waals surface area contributed by atoms with Crippen LogP contribution >= 0.6 is 0 Å². The number of halogens is 1. The van der Waals surface area contributed by atoms with E-state index in [4.69, 9.17) is 18.8 Å². The fraction of sp³-hybridized carbons (Fsp3) is 0.355. The molecule has 2 aliphatic rings. The van der Waals surface area contributed by atoms with Gasteiger partial charge in [-0.15, -0.1) is 0 Å². The van der Waals surface area contributed by atoms with E-state index >= 15 is 0 Å². The number of aromatic nitrogens is 2. The standard InChI is InChI=1S/C31H32FN5O6/c1-40-27-7-5-19-6-8-29(38)33-15-20-11-22(32)14-23(12-20)42-26-9-10-37(16-21-3-2-4-24-31(21)36-43-35-24)17-25(26)34-30(39)18-41-28(27)13-19/h2-5,7,11-14,25-26H,6,8-10,15-18H2,1H3,(H,33,38)(H,34,39)/t25-,26-/m1/s1. The van der Waals surface area contributed by atoms with Gasteiger partial charge in [0.1, 0.15) is 28.7 Å². The summed E-state index contributed by atoms with van der Waals surface area (Å²) in [4.78, 5) is 28.0. The summed E-state index contributed by atoms with van der Waals surface area (Å²) >= 11 is 0. The van der Waals surface area contributed by atoms with Crippen LogP contribution in [0.4, 0.5) is 4.39 Å². The fourth-order valence-corrected chi connectivity index (χ4v) is 5.55. The highest BCUT2D eigenvalue weighted by Gasteiger charge is 2.33. The van der Waals surface area contributed by atoms with Gasteiger partial charge in [0.15, 0.2) is 18.1 Å². The number of likely N-dealkylation sites (tertiary alicyclic amines) is 1. The van der Waals surface area contributed by atoms with E-state index in [9.17, 15) is 14.0 Å². The maximum absolute atomic E-state index is 14.6. The third kappa shape index (κ3) is 6.86. The van der Waals surface area contributed by atoms with Crippen molar-refractivity contribution in [3.05, 3.63) is 77.1 Å². The van der Waals surface area contributed by atoms with Crippen LogP contribution in [0, 0.1) is 5.82 Å². The first-order valence-corrected chi connectivity index (χ1v) is 14.2. The zero-order chi connectivity index (χ0) is 29.8. The Bertz CT molecular complexity index is 1630. The average molecular weight is 590 g/mol. The number of amides is 2. The van der Waals surface area contributed by atoms with Crippen LogP contribution in [0.15, 0.2) is 59.2 Å². The number of carbonyl (C=O) groups is 2. The van der Waals surface area contributed by atoms with E-state index in [0.29, 0.717) is 66.3 Å².